The average molecular weight is 784 g/mol. The maximum Gasteiger partial charge on any atom is 0.260 e. The van der Waals surface area contributed by atoms with Gasteiger partial charge in [-0.3, -0.25) is 29.5 Å². The van der Waals surface area contributed by atoms with Crippen molar-refractivity contribution in [2.75, 3.05) is 10.3 Å². The summed E-state index contributed by atoms with van der Waals surface area (Å²) < 4.78 is 0.980. The van der Waals surface area contributed by atoms with Gasteiger partial charge in [0.2, 0.25) is 11.8 Å². The van der Waals surface area contributed by atoms with E-state index in [-0.39, 0.29) is 29.0 Å². The van der Waals surface area contributed by atoms with Gasteiger partial charge in [0.25, 0.3) is 11.8 Å². The van der Waals surface area contributed by atoms with Crippen LogP contribution in [0.4, 0.5) is 11.4 Å². The van der Waals surface area contributed by atoms with Crippen LogP contribution in [0.25, 0.3) is 0 Å². The van der Waals surface area contributed by atoms with Crippen LogP contribution >= 0.6 is 34.2 Å². The second kappa shape index (κ2) is 11.8. The van der Waals surface area contributed by atoms with E-state index in [4.69, 9.17) is 11.6 Å². The number of carbonyl (C=O) groups excluding carboxylic acids is 4. The van der Waals surface area contributed by atoms with Crippen LogP contribution in [0.15, 0.2) is 109 Å². The van der Waals surface area contributed by atoms with Crippen molar-refractivity contribution >= 4 is 69.2 Å². The average Bonchev–Trinajstić information content (AvgIpc) is 3.48. The first-order valence-corrected chi connectivity index (χ1v) is 17.7. The van der Waals surface area contributed by atoms with Gasteiger partial charge in [0.05, 0.1) is 34.5 Å². The van der Waals surface area contributed by atoms with Crippen LogP contribution in [0.3, 0.4) is 0 Å². The van der Waals surface area contributed by atoms with Crippen LogP contribution in [0, 0.1) is 34.2 Å². The van der Waals surface area contributed by atoms with Crippen LogP contribution in [0.1, 0.15) is 35.4 Å². The molecule has 0 radical (unpaired) electrons. The quantitative estimate of drug-likeness (QED) is 0.127. The highest BCUT2D eigenvalue weighted by atomic mass is 127. The number of phenolic OH excluding ortho intramolecular Hbond substituents is 1. The van der Waals surface area contributed by atoms with E-state index < -0.39 is 46.8 Å². The van der Waals surface area contributed by atoms with Crippen molar-refractivity contribution in [1.82, 2.24) is 5.01 Å². The normalized spacial score (nSPS) is 27.5. The molecular formula is C39H31ClIN3O5. The Morgan fingerprint density at radius 1 is 0.857 bits per heavy atom. The summed E-state index contributed by atoms with van der Waals surface area (Å²) in [6, 6.07) is 28.6. The number of hydrogen-bond acceptors (Lipinski definition) is 6. The number of phenols is 1. The van der Waals surface area contributed by atoms with Crippen molar-refractivity contribution in [3.05, 3.63) is 134 Å². The minimum absolute atomic E-state index is 0.0367. The number of carbonyl (C=O) groups is 4. The molecule has 4 aliphatic rings. The predicted molar refractivity (Wildman–Crippen MR) is 194 cm³/mol. The predicted octanol–water partition coefficient (Wildman–Crippen LogP) is 7.15. The van der Waals surface area contributed by atoms with Gasteiger partial charge in [-0.25, -0.2) is 0 Å². The van der Waals surface area contributed by atoms with Crippen LogP contribution in [0.2, 0.25) is 5.02 Å². The molecule has 8 nitrogen and oxygen atoms in total. The molecule has 2 saturated heterocycles. The number of rotatable bonds is 5. The summed E-state index contributed by atoms with van der Waals surface area (Å²) >= 11 is 9.12. The number of amides is 4. The zero-order chi connectivity index (χ0) is 34.2. The lowest BCUT2D eigenvalue weighted by Crippen LogP contribution is -2.53. The molecule has 0 bridgehead atoms. The van der Waals surface area contributed by atoms with Crippen molar-refractivity contribution < 1.29 is 24.3 Å². The number of hydrazine groups is 1. The molecular weight excluding hydrogens is 753 g/mol. The Bertz CT molecular complexity index is 2070. The van der Waals surface area contributed by atoms with Gasteiger partial charge in [-0.2, -0.15) is 5.01 Å². The summed E-state index contributed by atoms with van der Waals surface area (Å²) in [6.45, 7) is 1.96. The van der Waals surface area contributed by atoms with Crippen LogP contribution < -0.4 is 10.3 Å². The number of imide groups is 2. The number of benzene rings is 4. The fraction of sp³-hybridized carbons (Fsp3) is 0.231. The molecule has 246 valence electrons. The summed E-state index contributed by atoms with van der Waals surface area (Å²) in [6.07, 6.45) is 2.48. The van der Waals surface area contributed by atoms with Crippen molar-refractivity contribution in [2.45, 2.75) is 31.1 Å². The Balaban J connectivity index is 1.32. The maximum atomic E-state index is 15.2. The largest absolute Gasteiger partial charge is 0.508 e. The molecule has 0 spiro atoms. The summed E-state index contributed by atoms with van der Waals surface area (Å²) in [5.41, 5.74) is 5.80. The minimum atomic E-state index is -1.44. The summed E-state index contributed by atoms with van der Waals surface area (Å²) in [7, 11) is 0. The molecule has 2 aliphatic carbocycles. The number of allylic oxidation sites excluding steroid dienone is 2. The molecule has 0 aromatic heterocycles. The highest BCUT2D eigenvalue weighted by Crippen LogP contribution is 2.64. The molecule has 4 aromatic rings. The smallest absolute Gasteiger partial charge is 0.260 e. The molecule has 6 atom stereocenters. The van der Waals surface area contributed by atoms with E-state index >= 15 is 4.79 Å². The van der Waals surface area contributed by atoms with E-state index in [0.29, 0.717) is 28.9 Å². The SMILES string of the molecule is Cc1ccc(NN2C(=O)[C@@H]3C[C@@H]4C(=CC[C@@H]5C(=O)N(c6ccc(I)cc6)C(=O)[C@@H]54)[C@H](c4ccc(O)cc4Cl)[C@]3(c3ccccc3)C2=O)cc1. The van der Waals surface area contributed by atoms with Crippen molar-refractivity contribution in [3.63, 3.8) is 0 Å². The van der Waals surface area contributed by atoms with E-state index in [1.165, 1.54) is 17.0 Å². The van der Waals surface area contributed by atoms with Gasteiger partial charge in [0, 0.05) is 14.5 Å². The Morgan fingerprint density at radius 3 is 2.27 bits per heavy atom. The zero-order valence-corrected chi connectivity index (χ0v) is 29.3. The lowest BCUT2D eigenvalue weighted by Gasteiger charge is -2.50. The zero-order valence-electron chi connectivity index (χ0n) is 26.3. The van der Waals surface area contributed by atoms with E-state index in [1.54, 1.807) is 18.2 Å². The van der Waals surface area contributed by atoms with Crippen LogP contribution in [0.5, 0.6) is 5.75 Å². The highest BCUT2D eigenvalue weighted by Gasteiger charge is 2.70. The first-order valence-electron chi connectivity index (χ1n) is 16.2. The molecule has 8 rings (SSSR count). The summed E-state index contributed by atoms with van der Waals surface area (Å²) in [5, 5.41) is 11.7. The second-order valence-corrected chi connectivity index (χ2v) is 14.9. The number of aromatic hydroxyl groups is 1. The van der Waals surface area contributed by atoms with Crippen molar-refractivity contribution in [3.8, 4) is 5.75 Å². The third kappa shape index (κ3) is 4.76. The fourth-order valence-corrected chi connectivity index (χ4v) is 9.33. The van der Waals surface area contributed by atoms with Crippen LogP contribution in [-0.4, -0.2) is 33.7 Å². The topological polar surface area (TPSA) is 107 Å². The molecule has 4 aromatic carbocycles. The maximum absolute atomic E-state index is 15.2. The number of hydrogen-bond donors (Lipinski definition) is 2. The van der Waals surface area contributed by atoms with E-state index in [0.717, 1.165) is 19.7 Å². The standard InChI is InChI=1S/C39H31ClIN3O5/c1-21-7-11-24(12-8-21)42-44-36(47)31-20-30-27(17-18-29-33(30)37(48)43(35(29)46)25-13-9-23(41)10-14-25)34(28-16-15-26(45)19-32(28)40)39(31,38(44)49)22-5-3-2-4-6-22/h2-17,19,29-31,33-34,42,45H,18,20H2,1H3/t29-,30+,31-,33-,34+,39+/m0/s1. The highest BCUT2D eigenvalue weighted by molar-refractivity contribution is 14.1. The first-order chi connectivity index (χ1) is 23.6. The van der Waals surface area contributed by atoms with Crippen LogP contribution in [-0.2, 0) is 24.6 Å². The molecule has 49 heavy (non-hydrogen) atoms. The molecule has 4 amide bonds. The van der Waals surface area contributed by atoms with Crippen molar-refractivity contribution in [2.24, 2.45) is 23.7 Å². The molecule has 2 N–H and O–H groups in total. The number of anilines is 2. The lowest BCUT2D eigenvalue weighted by molar-refractivity contribution is -0.138. The Labute approximate surface area is 301 Å². The van der Waals surface area contributed by atoms with Gasteiger partial charge in [-0.15, -0.1) is 0 Å². The second-order valence-electron chi connectivity index (χ2n) is 13.3. The number of aryl methyl sites for hydroxylation is 1. The summed E-state index contributed by atoms with van der Waals surface area (Å²) in [5.74, 6) is -4.96. The van der Waals surface area contributed by atoms with E-state index in [9.17, 15) is 19.5 Å². The number of halogens is 2. The first kappa shape index (κ1) is 31.8. The number of nitrogens with one attached hydrogen (secondary N) is 1. The number of nitrogens with zero attached hydrogens (tertiary/aromatic N) is 2. The molecule has 10 heteroatoms. The third-order valence-electron chi connectivity index (χ3n) is 10.8. The van der Waals surface area contributed by atoms with Gasteiger partial charge in [-0.05, 0) is 108 Å². The molecule has 1 saturated carbocycles. The Morgan fingerprint density at radius 2 is 1.57 bits per heavy atom. The molecule has 2 aliphatic heterocycles. The van der Waals surface area contributed by atoms with Gasteiger partial charge in [0.1, 0.15) is 5.75 Å². The monoisotopic (exact) mass is 783 g/mol. The van der Waals surface area contributed by atoms with Crippen molar-refractivity contribution in [1.29, 1.82) is 0 Å². The van der Waals surface area contributed by atoms with Gasteiger partial charge in [-0.1, -0.05) is 77.3 Å². The Kier molecular flexibility index (Phi) is 7.68. The van der Waals surface area contributed by atoms with E-state index in [1.807, 2.05) is 79.7 Å². The fourth-order valence-electron chi connectivity index (χ4n) is 8.69. The van der Waals surface area contributed by atoms with Gasteiger partial charge < -0.3 is 5.11 Å². The third-order valence-corrected chi connectivity index (χ3v) is 11.8. The van der Waals surface area contributed by atoms with E-state index in [2.05, 4.69) is 28.0 Å². The number of fused-ring (bicyclic) bond motifs is 4. The Hall–Kier alpha value is -4.48. The minimum Gasteiger partial charge on any atom is -0.508 e. The summed E-state index contributed by atoms with van der Waals surface area (Å²) in [4.78, 5) is 59.6. The molecule has 3 fully saturated rings. The molecule has 2 heterocycles. The van der Waals surface area contributed by atoms with Gasteiger partial charge >= 0.3 is 0 Å². The van der Waals surface area contributed by atoms with Gasteiger partial charge in [0.15, 0.2) is 0 Å². The molecule has 0 unspecified atom stereocenters. The lowest BCUT2D eigenvalue weighted by atomic mass is 9.49.